The standard InChI is InChI=1S/C12H13BrO4/c1-17-10-4-7(9(14)5-8(10)13)12(2-3-12)6-11(15)16/h4-5,14H,2-3,6H2,1H3,(H,15,16). The second-order valence-electron chi connectivity index (χ2n) is 4.35. The van der Waals surface area contributed by atoms with Crippen molar-refractivity contribution in [1.29, 1.82) is 0 Å². The average Bonchev–Trinajstić information content (AvgIpc) is 2.97. The molecule has 1 fully saturated rings. The Morgan fingerprint density at radius 1 is 1.53 bits per heavy atom. The average molecular weight is 301 g/mol. The number of rotatable bonds is 4. The minimum Gasteiger partial charge on any atom is -0.508 e. The Labute approximate surface area is 107 Å². The molecule has 0 spiro atoms. The van der Waals surface area contributed by atoms with Crippen LogP contribution in [-0.2, 0) is 10.2 Å². The molecule has 0 atom stereocenters. The Kier molecular flexibility index (Phi) is 3.03. The molecule has 1 aliphatic rings. The van der Waals surface area contributed by atoms with Crippen molar-refractivity contribution >= 4 is 21.9 Å². The first kappa shape index (κ1) is 12.2. The fourth-order valence-corrected chi connectivity index (χ4v) is 2.60. The van der Waals surface area contributed by atoms with Crippen LogP contribution in [0.5, 0.6) is 11.5 Å². The summed E-state index contributed by atoms with van der Waals surface area (Å²) in [6, 6.07) is 3.27. The van der Waals surface area contributed by atoms with Crippen LogP contribution in [0.25, 0.3) is 0 Å². The molecule has 1 aliphatic carbocycles. The molecule has 0 heterocycles. The number of halogens is 1. The second kappa shape index (κ2) is 4.22. The van der Waals surface area contributed by atoms with Gasteiger partial charge in [-0.1, -0.05) is 0 Å². The van der Waals surface area contributed by atoms with E-state index in [1.54, 1.807) is 12.1 Å². The summed E-state index contributed by atoms with van der Waals surface area (Å²) in [5, 5.41) is 18.8. The summed E-state index contributed by atoms with van der Waals surface area (Å²) in [4.78, 5) is 10.8. The minimum atomic E-state index is -0.844. The molecule has 0 radical (unpaired) electrons. The maximum Gasteiger partial charge on any atom is 0.304 e. The summed E-state index contributed by atoms with van der Waals surface area (Å²) < 4.78 is 5.82. The zero-order valence-corrected chi connectivity index (χ0v) is 11.0. The van der Waals surface area contributed by atoms with Crippen LogP contribution in [0.3, 0.4) is 0 Å². The van der Waals surface area contributed by atoms with Crippen LogP contribution in [0.15, 0.2) is 16.6 Å². The van der Waals surface area contributed by atoms with Crippen molar-refractivity contribution in [3.8, 4) is 11.5 Å². The van der Waals surface area contributed by atoms with Crippen LogP contribution < -0.4 is 4.74 Å². The lowest BCUT2D eigenvalue weighted by molar-refractivity contribution is -0.137. The first-order valence-electron chi connectivity index (χ1n) is 5.27. The summed E-state index contributed by atoms with van der Waals surface area (Å²) in [6.07, 6.45) is 1.63. The Morgan fingerprint density at radius 3 is 2.65 bits per heavy atom. The van der Waals surface area contributed by atoms with Gasteiger partial charge < -0.3 is 14.9 Å². The number of carbonyl (C=O) groups is 1. The maximum absolute atomic E-state index is 10.8. The number of carboxylic acids is 1. The molecule has 0 aliphatic heterocycles. The van der Waals surface area contributed by atoms with Crippen molar-refractivity contribution in [1.82, 2.24) is 0 Å². The molecule has 0 amide bonds. The van der Waals surface area contributed by atoms with Crippen molar-refractivity contribution in [3.63, 3.8) is 0 Å². The van der Waals surface area contributed by atoms with Crippen molar-refractivity contribution in [2.45, 2.75) is 24.7 Å². The fourth-order valence-electron chi connectivity index (χ4n) is 2.11. The van der Waals surface area contributed by atoms with Gasteiger partial charge in [-0.05, 0) is 40.9 Å². The zero-order valence-electron chi connectivity index (χ0n) is 9.36. The number of benzene rings is 1. The SMILES string of the molecule is COc1cc(C2(CC(=O)O)CC2)c(O)cc1Br. The molecule has 1 aromatic rings. The largest absolute Gasteiger partial charge is 0.508 e. The molecule has 1 aromatic carbocycles. The molecule has 0 saturated heterocycles. The molecule has 2 N–H and O–H groups in total. The molecular weight excluding hydrogens is 288 g/mol. The summed E-state index contributed by atoms with van der Waals surface area (Å²) in [5.74, 6) is -0.116. The first-order valence-corrected chi connectivity index (χ1v) is 6.06. The van der Waals surface area contributed by atoms with Crippen molar-refractivity contribution in [3.05, 3.63) is 22.2 Å². The van der Waals surface area contributed by atoms with E-state index in [1.807, 2.05) is 0 Å². The Morgan fingerprint density at radius 2 is 2.18 bits per heavy atom. The van der Waals surface area contributed by atoms with Gasteiger partial charge in [0.15, 0.2) is 0 Å². The van der Waals surface area contributed by atoms with E-state index in [9.17, 15) is 9.90 Å². The number of carboxylic acid groups (broad SMARTS) is 1. The van der Waals surface area contributed by atoms with Crippen LogP contribution in [0.2, 0.25) is 0 Å². The number of hydrogen-bond acceptors (Lipinski definition) is 3. The molecule has 4 nitrogen and oxygen atoms in total. The number of phenols is 1. The van der Waals surface area contributed by atoms with Gasteiger partial charge in [-0.25, -0.2) is 0 Å². The quantitative estimate of drug-likeness (QED) is 0.897. The number of methoxy groups -OCH3 is 1. The number of aromatic hydroxyl groups is 1. The van der Waals surface area contributed by atoms with Crippen LogP contribution in [0.1, 0.15) is 24.8 Å². The van der Waals surface area contributed by atoms with Gasteiger partial charge in [-0.2, -0.15) is 0 Å². The number of aliphatic carboxylic acids is 1. The predicted octanol–water partition coefficient (Wildman–Crippen LogP) is 2.67. The molecule has 0 unspecified atom stereocenters. The molecule has 0 bridgehead atoms. The van der Waals surface area contributed by atoms with Crippen molar-refractivity contribution in [2.75, 3.05) is 7.11 Å². The van der Waals surface area contributed by atoms with E-state index < -0.39 is 11.4 Å². The Hall–Kier alpha value is -1.23. The van der Waals surface area contributed by atoms with E-state index in [0.29, 0.717) is 15.8 Å². The molecule has 0 aromatic heterocycles. The monoisotopic (exact) mass is 300 g/mol. The third kappa shape index (κ3) is 2.24. The lowest BCUT2D eigenvalue weighted by Gasteiger charge is -2.16. The van der Waals surface area contributed by atoms with Gasteiger partial charge in [0.1, 0.15) is 11.5 Å². The molecule has 2 rings (SSSR count). The van der Waals surface area contributed by atoms with Gasteiger partial charge in [0.05, 0.1) is 18.0 Å². The Balaban J connectivity index is 2.42. The summed E-state index contributed by atoms with van der Waals surface area (Å²) in [7, 11) is 1.54. The van der Waals surface area contributed by atoms with Crippen LogP contribution in [0, 0.1) is 0 Å². The molecule has 92 valence electrons. The minimum absolute atomic E-state index is 0.0470. The molecular formula is C12H13BrO4. The van der Waals surface area contributed by atoms with E-state index in [0.717, 1.165) is 12.8 Å². The van der Waals surface area contributed by atoms with Crippen molar-refractivity contribution < 1.29 is 19.7 Å². The topological polar surface area (TPSA) is 66.8 Å². The summed E-state index contributed by atoms with van der Waals surface area (Å²) in [5.41, 5.74) is 0.254. The first-order chi connectivity index (χ1) is 7.98. The lowest BCUT2D eigenvalue weighted by Crippen LogP contribution is -2.13. The lowest BCUT2D eigenvalue weighted by atomic mass is 9.91. The second-order valence-corrected chi connectivity index (χ2v) is 5.21. The van der Waals surface area contributed by atoms with Crippen LogP contribution >= 0.6 is 15.9 Å². The van der Waals surface area contributed by atoms with E-state index in [2.05, 4.69) is 15.9 Å². The number of hydrogen-bond donors (Lipinski definition) is 2. The van der Waals surface area contributed by atoms with Crippen molar-refractivity contribution in [2.24, 2.45) is 0 Å². The highest BCUT2D eigenvalue weighted by Gasteiger charge is 2.47. The molecule has 17 heavy (non-hydrogen) atoms. The predicted molar refractivity (Wildman–Crippen MR) is 65.5 cm³/mol. The molecule has 5 heteroatoms. The zero-order chi connectivity index (χ0) is 12.6. The number of phenolic OH excluding ortho intramolecular Hbond substituents is 1. The smallest absolute Gasteiger partial charge is 0.304 e. The van der Waals surface area contributed by atoms with Crippen LogP contribution in [0.4, 0.5) is 0 Å². The highest BCUT2D eigenvalue weighted by Crippen LogP contribution is 2.55. The van der Waals surface area contributed by atoms with E-state index in [1.165, 1.54) is 7.11 Å². The normalized spacial score (nSPS) is 16.6. The number of ether oxygens (including phenoxy) is 1. The van der Waals surface area contributed by atoms with Gasteiger partial charge in [0, 0.05) is 11.0 Å². The van der Waals surface area contributed by atoms with Gasteiger partial charge in [0.25, 0.3) is 0 Å². The summed E-state index contributed by atoms with van der Waals surface area (Å²) in [6.45, 7) is 0. The van der Waals surface area contributed by atoms with Gasteiger partial charge >= 0.3 is 5.97 Å². The fraction of sp³-hybridized carbons (Fsp3) is 0.417. The maximum atomic E-state index is 10.8. The molecule has 1 saturated carbocycles. The van der Waals surface area contributed by atoms with Gasteiger partial charge in [-0.3, -0.25) is 4.79 Å². The van der Waals surface area contributed by atoms with Crippen LogP contribution in [-0.4, -0.2) is 23.3 Å². The highest BCUT2D eigenvalue weighted by molar-refractivity contribution is 9.10. The Bertz CT molecular complexity index is 466. The van der Waals surface area contributed by atoms with Gasteiger partial charge in [0.2, 0.25) is 0 Å². The van der Waals surface area contributed by atoms with E-state index >= 15 is 0 Å². The van der Waals surface area contributed by atoms with E-state index in [-0.39, 0.29) is 12.2 Å². The summed E-state index contributed by atoms with van der Waals surface area (Å²) >= 11 is 3.28. The van der Waals surface area contributed by atoms with E-state index in [4.69, 9.17) is 9.84 Å². The highest BCUT2D eigenvalue weighted by atomic mass is 79.9. The third-order valence-electron chi connectivity index (χ3n) is 3.18. The van der Waals surface area contributed by atoms with Gasteiger partial charge in [-0.15, -0.1) is 0 Å². The third-order valence-corrected chi connectivity index (χ3v) is 3.80.